The Morgan fingerprint density at radius 2 is 1.91 bits per heavy atom. The number of aliphatic hydroxyl groups excluding tert-OH is 1. The van der Waals surface area contributed by atoms with Crippen molar-refractivity contribution >= 4 is 17.5 Å². The molecule has 0 saturated carbocycles. The molecule has 2 amide bonds. The lowest BCUT2D eigenvalue weighted by molar-refractivity contribution is -0.136. The standard InChI is InChI=1S/C16H25N3O3/c1-11(2)12-6-5-7-13(8-12)18-16(22)15(21)17-9-14(20)10-19(3)4/h5-8,11,14,20H,9-10H2,1-4H3,(H,17,21)(H,18,22). The summed E-state index contributed by atoms with van der Waals surface area (Å²) in [5.41, 5.74) is 1.67. The van der Waals surface area contributed by atoms with E-state index < -0.39 is 17.9 Å². The van der Waals surface area contributed by atoms with Gasteiger partial charge in [-0.2, -0.15) is 0 Å². The topological polar surface area (TPSA) is 81.7 Å². The zero-order valence-corrected chi connectivity index (χ0v) is 13.6. The Bertz CT molecular complexity index is 515. The molecular weight excluding hydrogens is 282 g/mol. The summed E-state index contributed by atoms with van der Waals surface area (Å²) in [6.07, 6.45) is -0.712. The number of hydrogen-bond donors (Lipinski definition) is 3. The van der Waals surface area contributed by atoms with Crippen LogP contribution < -0.4 is 10.6 Å². The second-order valence-electron chi connectivity index (χ2n) is 5.86. The molecule has 0 saturated heterocycles. The zero-order valence-electron chi connectivity index (χ0n) is 13.6. The van der Waals surface area contributed by atoms with E-state index >= 15 is 0 Å². The average Bonchev–Trinajstić information content (AvgIpc) is 2.44. The van der Waals surface area contributed by atoms with Crippen LogP contribution in [0, 0.1) is 0 Å². The van der Waals surface area contributed by atoms with Crippen molar-refractivity contribution in [2.75, 3.05) is 32.5 Å². The van der Waals surface area contributed by atoms with Crippen molar-refractivity contribution in [1.82, 2.24) is 10.2 Å². The van der Waals surface area contributed by atoms with E-state index in [0.717, 1.165) is 5.56 Å². The van der Waals surface area contributed by atoms with E-state index in [9.17, 15) is 14.7 Å². The SMILES string of the molecule is CC(C)c1cccc(NC(=O)C(=O)NCC(O)CN(C)C)c1. The smallest absolute Gasteiger partial charge is 0.313 e. The number of hydrogen-bond acceptors (Lipinski definition) is 4. The summed E-state index contributed by atoms with van der Waals surface area (Å²) in [5.74, 6) is -1.16. The third-order valence-corrected chi connectivity index (χ3v) is 3.09. The maximum absolute atomic E-state index is 11.8. The molecule has 1 aromatic rings. The van der Waals surface area contributed by atoms with Crippen LogP contribution >= 0.6 is 0 Å². The van der Waals surface area contributed by atoms with Crippen molar-refractivity contribution in [2.45, 2.75) is 25.9 Å². The lowest BCUT2D eigenvalue weighted by Gasteiger charge is -2.16. The zero-order chi connectivity index (χ0) is 16.7. The maximum atomic E-state index is 11.8. The van der Waals surface area contributed by atoms with E-state index in [-0.39, 0.29) is 6.54 Å². The van der Waals surface area contributed by atoms with Gasteiger partial charge < -0.3 is 20.6 Å². The molecule has 0 bridgehead atoms. The van der Waals surface area contributed by atoms with Crippen LogP contribution in [0.1, 0.15) is 25.3 Å². The Kier molecular flexibility index (Phi) is 7.01. The number of nitrogens with zero attached hydrogens (tertiary/aromatic N) is 1. The third kappa shape index (κ3) is 6.24. The fourth-order valence-electron chi connectivity index (χ4n) is 1.94. The first-order chi connectivity index (χ1) is 10.3. The van der Waals surface area contributed by atoms with Crippen molar-refractivity contribution in [3.8, 4) is 0 Å². The summed E-state index contributed by atoms with van der Waals surface area (Å²) in [4.78, 5) is 25.3. The van der Waals surface area contributed by atoms with Gasteiger partial charge in [-0.15, -0.1) is 0 Å². The van der Waals surface area contributed by atoms with Gasteiger partial charge in [0.2, 0.25) is 0 Å². The molecule has 0 fully saturated rings. The first-order valence-electron chi connectivity index (χ1n) is 7.31. The minimum atomic E-state index is -0.757. The normalized spacial score (nSPS) is 12.3. The van der Waals surface area contributed by atoms with Crippen molar-refractivity contribution in [2.24, 2.45) is 0 Å². The minimum absolute atomic E-state index is 0.0382. The van der Waals surface area contributed by atoms with Crippen LogP contribution in [0.3, 0.4) is 0 Å². The number of anilines is 1. The first-order valence-corrected chi connectivity index (χ1v) is 7.31. The molecule has 0 aromatic heterocycles. The third-order valence-electron chi connectivity index (χ3n) is 3.09. The predicted molar refractivity (Wildman–Crippen MR) is 86.7 cm³/mol. The van der Waals surface area contributed by atoms with Gasteiger partial charge >= 0.3 is 11.8 Å². The summed E-state index contributed by atoms with van der Waals surface area (Å²) in [6, 6.07) is 7.39. The Morgan fingerprint density at radius 3 is 2.50 bits per heavy atom. The molecule has 6 nitrogen and oxygen atoms in total. The van der Waals surface area contributed by atoms with E-state index in [1.165, 1.54) is 0 Å². The van der Waals surface area contributed by atoms with E-state index in [1.54, 1.807) is 11.0 Å². The van der Waals surface area contributed by atoms with Gasteiger partial charge in [-0.1, -0.05) is 26.0 Å². The van der Waals surface area contributed by atoms with Crippen molar-refractivity contribution in [3.05, 3.63) is 29.8 Å². The van der Waals surface area contributed by atoms with Crippen LogP contribution in [0.15, 0.2) is 24.3 Å². The quantitative estimate of drug-likeness (QED) is 0.679. The lowest BCUT2D eigenvalue weighted by atomic mass is 10.0. The molecule has 122 valence electrons. The summed E-state index contributed by atoms with van der Waals surface area (Å²) < 4.78 is 0. The highest BCUT2D eigenvalue weighted by atomic mass is 16.3. The van der Waals surface area contributed by atoms with Gasteiger partial charge in [0, 0.05) is 18.8 Å². The second kappa shape index (κ2) is 8.51. The molecule has 0 aliphatic heterocycles. The first kappa shape index (κ1) is 18.1. The Morgan fingerprint density at radius 1 is 1.23 bits per heavy atom. The number of benzene rings is 1. The Labute approximate surface area is 131 Å². The highest BCUT2D eigenvalue weighted by molar-refractivity contribution is 6.39. The number of carbonyl (C=O) groups is 2. The molecule has 0 radical (unpaired) electrons. The fourth-order valence-corrected chi connectivity index (χ4v) is 1.94. The van der Waals surface area contributed by atoms with Gasteiger partial charge in [-0.25, -0.2) is 0 Å². The molecule has 0 heterocycles. The molecule has 1 unspecified atom stereocenters. The number of amides is 2. The monoisotopic (exact) mass is 307 g/mol. The average molecular weight is 307 g/mol. The Balaban J connectivity index is 2.51. The number of rotatable bonds is 6. The second-order valence-corrected chi connectivity index (χ2v) is 5.86. The summed E-state index contributed by atoms with van der Waals surface area (Å²) in [6.45, 7) is 4.56. The minimum Gasteiger partial charge on any atom is -0.390 e. The van der Waals surface area contributed by atoms with Gasteiger partial charge in [0.1, 0.15) is 0 Å². The van der Waals surface area contributed by atoms with Crippen LogP contribution in [0.2, 0.25) is 0 Å². The van der Waals surface area contributed by atoms with Crippen LogP contribution in [0.5, 0.6) is 0 Å². The van der Waals surface area contributed by atoms with Gasteiger partial charge in [0.25, 0.3) is 0 Å². The lowest BCUT2D eigenvalue weighted by Crippen LogP contribution is -2.42. The van der Waals surface area contributed by atoms with Gasteiger partial charge in [0.05, 0.1) is 6.10 Å². The van der Waals surface area contributed by atoms with E-state index in [2.05, 4.69) is 24.5 Å². The molecule has 3 N–H and O–H groups in total. The van der Waals surface area contributed by atoms with Gasteiger partial charge in [0.15, 0.2) is 0 Å². The largest absolute Gasteiger partial charge is 0.390 e. The molecule has 1 rings (SSSR count). The number of carbonyl (C=O) groups excluding carboxylic acids is 2. The molecule has 0 spiro atoms. The number of nitrogens with one attached hydrogen (secondary N) is 2. The fraction of sp³-hybridized carbons (Fsp3) is 0.500. The van der Waals surface area contributed by atoms with Crippen LogP contribution in [-0.4, -0.2) is 55.1 Å². The van der Waals surface area contributed by atoms with Crippen molar-refractivity contribution in [1.29, 1.82) is 0 Å². The molecule has 0 aliphatic rings. The van der Waals surface area contributed by atoms with E-state index in [1.807, 2.05) is 32.3 Å². The molecule has 0 aliphatic carbocycles. The summed E-state index contributed by atoms with van der Waals surface area (Å²) in [5, 5.41) is 14.6. The highest BCUT2D eigenvalue weighted by Crippen LogP contribution is 2.18. The molecule has 22 heavy (non-hydrogen) atoms. The molecule has 1 atom stereocenters. The van der Waals surface area contributed by atoms with Crippen molar-refractivity contribution < 1.29 is 14.7 Å². The highest BCUT2D eigenvalue weighted by Gasteiger charge is 2.15. The Hall–Kier alpha value is -1.92. The molecule has 6 heteroatoms. The van der Waals surface area contributed by atoms with Gasteiger partial charge in [-0.3, -0.25) is 9.59 Å². The number of aliphatic hydroxyl groups is 1. The number of likely N-dealkylation sites (N-methyl/N-ethyl adjacent to an activating group) is 1. The molecular formula is C16H25N3O3. The summed E-state index contributed by atoms with van der Waals surface area (Å²) >= 11 is 0. The predicted octanol–water partition coefficient (Wildman–Crippen LogP) is 0.787. The van der Waals surface area contributed by atoms with Crippen molar-refractivity contribution in [3.63, 3.8) is 0 Å². The molecule has 1 aromatic carbocycles. The maximum Gasteiger partial charge on any atom is 0.313 e. The van der Waals surface area contributed by atoms with Crippen LogP contribution in [0.25, 0.3) is 0 Å². The van der Waals surface area contributed by atoms with Crippen LogP contribution in [-0.2, 0) is 9.59 Å². The van der Waals surface area contributed by atoms with E-state index in [4.69, 9.17) is 0 Å². The van der Waals surface area contributed by atoms with Gasteiger partial charge in [-0.05, 0) is 37.7 Å². The van der Waals surface area contributed by atoms with E-state index in [0.29, 0.717) is 18.2 Å². The summed E-state index contributed by atoms with van der Waals surface area (Å²) in [7, 11) is 3.64. The van der Waals surface area contributed by atoms with Crippen LogP contribution in [0.4, 0.5) is 5.69 Å².